The van der Waals surface area contributed by atoms with Crippen LogP contribution in [0.3, 0.4) is 0 Å². The summed E-state index contributed by atoms with van der Waals surface area (Å²) in [6.45, 7) is 1.90. The first-order chi connectivity index (χ1) is 8.60. The topological polar surface area (TPSA) is 33.0 Å². The molecule has 0 aromatic heterocycles. The van der Waals surface area contributed by atoms with E-state index in [1.165, 1.54) is 0 Å². The van der Waals surface area contributed by atoms with Crippen LogP contribution >= 0.6 is 27.5 Å². The third kappa shape index (κ3) is 2.84. The number of hydrogen-bond donors (Lipinski definition) is 0. The zero-order chi connectivity index (χ0) is 13.1. The number of ether oxygens (including phenoxy) is 1. The molecule has 0 amide bonds. The van der Waals surface area contributed by atoms with Gasteiger partial charge in [-0.15, -0.1) is 0 Å². The van der Waals surface area contributed by atoms with Gasteiger partial charge in [0.25, 0.3) is 0 Å². The molecule has 0 unspecified atom stereocenters. The van der Waals surface area contributed by atoms with Crippen molar-refractivity contribution < 1.29 is 4.74 Å². The van der Waals surface area contributed by atoms with E-state index in [0.717, 1.165) is 5.56 Å². The fraction of sp³-hybridized carbons (Fsp3) is 0.0714. The fourth-order valence-corrected chi connectivity index (χ4v) is 2.11. The molecular weight excluding hydrogens is 314 g/mol. The molecule has 2 aromatic carbocycles. The predicted molar refractivity (Wildman–Crippen MR) is 75.1 cm³/mol. The summed E-state index contributed by atoms with van der Waals surface area (Å²) in [6, 6.07) is 12.9. The van der Waals surface area contributed by atoms with Gasteiger partial charge in [0.15, 0.2) is 0 Å². The average Bonchev–Trinajstić information content (AvgIpc) is 2.33. The van der Waals surface area contributed by atoms with E-state index in [-0.39, 0.29) is 0 Å². The van der Waals surface area contributed by atoms with Crippen molar-refractivity contribution in [3.63, 3.8) is 0 Å². The van der Waals surface area contributed by atoms with E-state index in [1.807, 2.05) is 19.1 Å². The number of rotatable bonds is 2. The summed E-state index contributed by atoms with van der Waals surface area (Å²) >= 11 is 9.24. The normalized spacial score (nSPS) is 9.89. The quantitative estimate of drug-likeness (QED) is 0.773. The number of aryl methyl sites for hydroxylation is 1. The summed E-state index contributed by atoms with van der Waals surface area (Å²) < 4.78 is 6.46. The minimum atomic E-state index is 0.589. The maximum absolute atomic E-state index is 8.92. The Morgan fingerprint density at radius 2 is 2.06 bits per heavy atom. The minimum absolute atomic E-state index is 0.589. The highest BCUT2D eigenvalue weighted by molar-refractivity contribution is 9.10. The highest BCUT2D eigenvalue weighted by atomic mass is 79.9. The summed E-state index contributed by atoms with van der Waals surface area (Å²) in [5, 5.41) is 9.54. The summed E-state index contributed by atoms with van der Waals surface area (Å²) in [5.41, 5.74) is 1.49. The van der Waals surface area contributed by atoms with Crippen LogP contribution in [0.25, 0.3) is 0 Å². The monoisotopic (exact) mass is 321 g/mol. The zero-order valence-corrected chi connectivity index (χ0v) is 11.9. The van der Waals surface area contributed by atoms with Crippen LogP contribution in [0.15, 0.2) is 40.9 Å². The second-order valence-corrected chi connectivity index (χ2v) is 5.06. The van der Waals surface area contributed by atoms with Gasteiger partial charge in [-0.1, -0.05) is 17.7 Å². The average molecular weight is 323 g/mol. The van der Waals surface area contributed by atoms with Crippen LogP contribution in [-0.2, 0) is 0 Å². The van der Waals surface area contributed by atoms with Crippen molar-refractivity contribution in [2.24, 2.45) is 0 Å². The van der Waals surface area contributed by atoms with Crippen molar-refractivity contribution in [1.29, 1.82) is 5.26 Å². The Kier molecular flexibility index (Phi) is 3.90. The van der Waals surface area contributed by atoms with Crippen LogP contribution < -0.4 is 4.74 Å². The van der Waals surface area contributed by atoms with E-state index < -0.39 is 0 Å². The molecule has 0 bridgehead atoms. The first kappa shape index (κ1) is 12.9. The molecule has 2 rings (SSSR count). The van der Waals surface area contributed by atoms with Gasteiger partial charge in [-0.05, 0) is 58.7 Å². The Balaban J connectivity index is 2.36. The van der Waals surface area contributed by atoms with Gasteiger partial charge in [-0.3, -0.25) is 0 Å². The smallest absolute Gasteiger partial charge is 0.131 e. The Hall–Kier alpha value is -1.50. The summed E-state index contributed by atoms with van der Waals surface area (Å²) in [7, 11) is 0. The number of nitrogens with zero attached hydrogens (tertiary/aromatic N) is 1. The van der Waals surface area contributed by atoms with Gasteiger partial charge in [0.2, 0.25) is 0 Å². The van der Waals surface area contributed by atoms with Crippen LogP contribution in [0, 0.1) is 18.3 Å². The lowest BCUT2D eigenvalue weighted by molar-refractivity contribution is 0.478. The Morgan fingerprint density at radius 1 is 1.28 bits per heavy atom. The first-order valence-electron chi connectivity index (χ1n) is 5.24. The molecule has 0 N–H and O–H groups in total. The predicted octanol–water partition coefficient (Wildman–Crippen LogP) is 5.07. The molecule has 0 atom stereocenters. The second kappa shape index (κ2) is 5.43. The second-order valence-electron chi connectivity index (χ2n) is 3.77. The van der Waals surface area contributed by atoms with E-state index in [9.17, 15) is 0 Å². The van der Waals surface area contributed by atoms with Gasteiger partial charge in [0.05, 0.1) is 5.56 Å². The number of hydrogen-bond acceptors (Lipinski definition) is 2. The molecular formula is C14H9BrClNO. The number of nitriles is 1. The van der Waals surface area contributed by atoms with Gasteiger partial charge >= 0.3 is 0 Å². The lowest BCUT2D eigenvalue weighted by Gasteiger charge is -2.10. The summed E-state index contributed by atoms with van der Waals surface area (Å²) in [4.78, 5) is 0. The molecule has 90 valence electrons. The van der Waals surface area contributed by atoms with Gasteiger partial charge in [0.1, 0.15) is 17.6 Å². The molecule has 0 radical (unpaired) electrons. The van der Waals surface area contributed by atoms with Gasteiger partial charge in [0, 0.05) is 9.50 Å². The third-order valence-electron chi connectivity index (χ3n) is 2.41. The molecule has 0 aliphatic heterocycles. The molecule has 2 nitrogen and oxygen atoms in total. The first-order valence-corrected chi connectivity index (χ1v) is 6.41. The zero-order valence-electron chi connectivity index (χ0n) is 9.58. The standard InChI is InChI=1S/C14H9BrClNO/c1-9-5-10(8-17)13(15)7-14(9)18-12-4-2-3-11(16)6-12/h2-7H,1H3. The van der Waals surface area contributed by atoms with Crippen molar-refractivity contribution in [3.8, 4) is 17.6 Å². The van der Waals surface area contributed by atoms with Crippen molar-refractivity contribution in [3.05, 3.63) is 57.0 Å². The van der Waals surface area contributed by atoms with E-state index in [4.69, 9.17) is 21.6 Å². The van der Waals surface area contributed by atoms with Crippen LogP contribution in [-0.4, -0.2) is 0 Å². The molecule has 0 fully saturated rings. The Morgan fingerprint density at radius 3 is 2.72 bits per heavy atom. The molecule has 0 saturated carbocycles. The lowest BCUT2D eigenvalue weighted by Crippen LogP contribution is -1.90. The molecule has 18 heavy (non-hydrogen) atoms. The Labute approximate surface area is 119 Å². The molecule has 0 aliphatic carbocycles. The Bertz CT molecular complexity index is 634. The molecule has 0 spiro atoms. The van der Waals surface area contributed by atoms with Crippen LogP contribution in [0.1, 0.15) is 11.1 Å². The number of halogens is 2. The van der Waals surface area contributed by atoms with Crippen molar-refractivity contribution in [2.45, 2.75) is 6.92 Å². The fourth-order valence-electron chi connectivity index (χ4n) is 1.52. The minimum Gasteiger partial charge on any atom is -0.457 e. The van der Waals surface area contributed by atoms with Crippen LogP contribution in [0.4, 0.5) is 0 Å². The maximum atomic E-state index is 8.92. The van der Waals surface area contributed by atoms with Gasteiger partial charge in [-0.25, -0.2) is 0 Å². The SMILES string of the molecule is Cc1cc(C#N)c(Br)cc1Oc1cccc(Cl)c1. The highest BCUT2D eigenvalue weighted by Gasteiger charge is 2.07. The van der Waals surface area contributed by atoms with Crippen LogP contribution in [0.2, 0.25) is 5.02 Å². The third-order valence-corrected chi connectivity index (χ3v) is 3.30. The molecule has 4 heteroatoms. The summed E-state index contributed by atoms with van der Waals surface area (Å²) in [5.74, 6) is 1.37. The van der Waals surface area contributed by atoms with Crippen molar-refractivity contribution >= 4 is 27.5 Å². The van der Waals surface area contributed by atoms with Gasteiger partial charge in [-0.2, -0.15) is 5.26 Å². The molecule has 0 aliphatic rings. The number of benzene rings is 2. The molecule has 0 saturated heterocycles. The van der Waals surface area contributed by atoms with Crippen LogP contribution in [0.5, 0.6) is 11.5 Å². The summed E-state index contributed by atoms with van der Waals surface area (Å²) in [6.07, 6.45) is 0. The van der Waals surface area contributed by atoms with E-state index in [0.29, 0.717) is 26.6 Å². The highest BCUT2D eigenvalue weighted by Crippen LogP contribution is 2.31. The lowest BCUT2D eigenvalue weighted by atomic mass is 10.1. The van der Waals surface area contributed by atoms with E-state index >= 15 is 0 Å². The van der Waals surface area contributed by atoms with E-state index in [2.05, 4.69) is 22.0 Å². The van der Waals surface area contributed by atoms with E-state index in [1.54, 1.807) is 24.3 Å². The maximum Gasteiger partial charge on any atom is 0.131 e. The van der Waals surface area contributed by atoms with Gasteiger partial charge < -0.3 is 4.74 Å². The largest absolute Gasteiger partial charge is 0.457 e. The van der Waals surface area contributed by atoms with Crippen molar-refractivity contribution in [1.82, 2.24) is 0 Å². The molecule has 0 heterocycles. The molecule has 2 aromatic rings. The van der Waals surface area contributed by atoms with Crippen molar-refractivity contribution in [2.75, 3.05) is 0 Å².